The van der Waals surface area contributed by atoms with Crippen molar-refractivity contribution in [3.63, 3.8) is 0 Å². The Morgan fingerprint density at radius 1 is 1.22 bits per heavy atom. The topological polar surface area (TPSA) is 54.0 Å². The van der Waals surface area contributed by atoms with Crippen molar-refractivity contribution < 1.29 is 9.18 Å². The Morgan fingerprint density at radius 2 is 1.96 bits per heavy atom. The second-order valence-electron chi connectivity index (χ2n) is 5.84. The molecule has 0 unspecified atom stereocenters. The molecule has 0 fully saturated rings. The third-order valence-electron chi connectivity index (χ3n) is 3.33. The van der Waals surface area contributed by atoms with Crippen LogP contribution in [-0.4, -0.2) is 24.0 Å². The first-order chi connectivity index (χ1) is 11.0. The molecule has 0 aliphatic carbocycles. The minimum Gasteiger partial charge on any atom is -0.370 e. The predicted molar refractivity (Wildman–Crippen MR) is 90.0 cm³/mol. The zero-order valence-electron chi connectivity index (χ0n) is 13.5. The van der Waals surface area contributed by atoms with Crippen LogP contribution in [-0.2, 0) is 6.42 Å². The number of carbonyl (C=O) groups excluding carboxylic acids is 1. The van der Waals surface area contributed by atoms with Crippen LogP contribution in [0.2, 0.25) is 0 Å². The van der Waals surface area contributed by atoms with Gasteiger partial charge in [-0.25, -0.2) is 9.37 Å². The van der Waals surface area contributed by atoms with E-state index < -0.39 is 0 Å². The predicted octanol–water partition coefficient (Wildman–Crippen LogP) is 3.26. The molecule has 23 heavy (non-hydrogen) atoms. The smallest absolute Gasteiger partial charge is 0.251 e. The quantitative estimate of drug-likeness (QED) is 0.824. The van der Waals surface area contributed by atoms with Gasteiger partial charge in [0.15, 0.2) is 0 Å². The van der Waals surface area contributed by atoms with Crippen molar-refractivity contribution in [3.05, 3.63) is 59.5 Å². The summed E-state index contributed by atoms with van der Waals surface area (Å²) >= 11 is 0. The monoisotopic (exact) mass is 315 g/mol. The van der Waals surface area contributed by atoms with Gasteiger partial charge in [-0.15, -0.1) is 0 Å². The van der Waals surface area contributed by atoms with Crippen LogP contribution in [0.4, 0.5) is 10.2 Å². The SMILES string of the molecule is CC(C)CNc1cc(C(=O)NCCc2ccc(F)cc2)ccn1. The van der Waals surface area contributed by atoms with Crippen molar-refractivity contribution in [1.29, 1.82) is 0 Å². The Kier molecular flexibility index (Phi) is 6.09. The summed E-state index contributed by atoms with van der Waals surface area (Å²) in [6.45, 7) is 5.53. The maximum absolute atomic E-state index is 12.8. The standard InChI is InChI=1S/C18H22FN3O/c1-13(2)12-22-17-11-15(8-10-20-17)18(23)21-9-7-14-3-5-16(19)6-4-14/h3-6,8,10-11,13H,7,9,12H2,1-2H3,(H,20,22)(H,21,23). The first kappa shape index (κ1) is 16.9. The molecule has 0 bridgehead atoms. The van der Waals surface area contributed by atoms with Gasteiger partial charge in [0.2, 0.25) is 0 Å². The highest BCUT2D eigenvalue weighted by atomic mass is 19.1. The lowest BCUT2D eigenvalue weighted by Crippen LogP contribution is -2.25. The van der Waals surface area contributed by atoms with Crippen molar-refractivity contribution in [2.45, 2.75) is 20.3 Å². The van der Waals surface area contributed by atoms with Gasteiger partial charge in [-0.2, -0.15) is 0 Å². The molecule has 5 heteroatoms. The Labute approximate surface area is 136 Å². The first-order valence-corrected chi connectivity index (χ1v) is 7.77. The first-order valence-electron chi connectivity index (χ1n) is 7.77. The maximum Gasteiger partial charge on any atom is 0.251 e. The molecule has 1 aromatic carbocycles. The Morgan fingerprint density at radius 3 is 2.65 bits per heavy atom. The van der Waals surface area contributed by atoms with E-state index in [2.05, 4.69) is 29.5 Å². The van der Waals surface area contributed by atoms with Crippen LogP contribution in [0.3, 0.4) is 0 Å². The molecule has 2 rings (SSSR count). The number of carbonyl (C=O) groups is 1. The third kappa shape index (κ3) is 5.70. The van der Waals surface area contributed by atoms with Gasteiger partial charge < -0.3 is 10.6 Å². The number of nitrogens with zero attached hydrogens (tertiary/aromatic N) is 1. The minimum atomic E-state index is -0.254. The number of benzene rings is 1. The van der Waals surface area contributed by atoms with Gasteiger partial charge in [-0.1, -0.05) is 26.0 Å². The molecule has 4 nitrogen and oxygen atoms in total. The molecule has 0 spiro atoms. The second-order valence-corrected chi connectivity index (χ2v) is 5.84. The molecule has 2 N–H and O–H groups in total. The Hall–Kier alpha value is -2.43. The lowest BCUT2D eigenvalue weighted by Gasteiger charge is -2.10. The van der Waals surface area contributed by atoms with Gasteiger partial charge in [0.05, 0.1) is 0 Å². The summed E-state index contributed by atoms with van der Waals surface area (Å²) in [6.07, 6.45) is 2.28. The van der Waals surface area contributed by atoms with Crippen LogP contribution in [0, 0.1) is 11.7 Å². The van der Waals surface area contributed by atoms with E-state index >= 15 is 0 Å². The number of aromatic nitrogens is 1. The fraction of sp³-hybridized carbons (Fsp3) is 0.333. The van der Waals surface area contributed by atoms with Crippen LogP contribution >= 0.6 is 0 Å². The molecule has 0 atom stereocenters. The molecule has 122 valence electrons. The van der Waals surface area contributed by atoms with Crippen molar-refractivity contribution in [1.82, 2.24) is 10.3 Å². The Balaban J connectivity index is 1.85. The largest absolute Gasteiger partial charge is 0.370 e. The van der Waals surface area contributed by atoms with Crippen LogP contribution in [0.15, 0.2) is 42.6 Å². The lowest BCUT2D eigenvalue weighted by molar-refractivity contribution is 0.0954. The zero-order valence-corrected chi connectivity index (χ0v) is 13.5. The van der Waals surface area contributed by atoms with Crippen molar-refractivity contribution in [3.8, 4) is 0 Å². The van der Waals surface area contributed by atoms with Gasteiger partial charge in [-0.05, 0) is 42.2 Å². The van der Waals surface area contributed by atoms with Crippen LogP contribution in [0.5, 0.6) is 0 Å². The van der Waals surface area contributed by atoms with Gasteiger partial charge in [-0.3, -0.25) is 4.79 Å². The summed E-state index contributed by atoms with van der Waals surface area (Å²) in [7, 11) is 0. The molecule has 0 aliphatic rings. The van der Waals surface area contributed by atoms with Crippen LogP contribution in [0.1, 0.15) is 29.8 Å². The molecule has 0 saturated heterocycles. The summed E-state index contributed by atoms with van der Waals surface area (Å²) < 4.78 is 12.8. The van der Waals surface area contributed by atoms with Gasteiger partial charge >= 0.3 is 0 Å². The summed E-state index contributed by atoms with van der Waals surface area (Å²) in [5.41, 5.74) is 1.56. The molecule has 0 aliphatic heterocycles. The molecular weight excluding hydrogens is 293 g/mol. The van der Waals surface area contributed by atoms with Gasteiger partial charge in [0.25, 0.3) is 5.91 Å². The van der Waals surface area contributed by atoms with Crippen molar-refractivity contribution in [2.75, 3.05) is 18.4 Å². The molecule has 0 saturated carbocycles. The average Bonchev–Trinajstić information content (AvgIpc) is 2.55. The third-order valence-corrected chi connectivity index (χ3v) is 3.33. The average molecular weight is 315 g/mol. The van der Waals surface area contributed by atoms with E-state index in [1.54, 1.807) is 30.5 Å². The lowest BCUT2D eigenvalue weighted by atomic mass is 10.1. The van der Waals surface area contributed by atoms with Gasteiger partial charge in [0.1, 0.15) is 11.6 Å². The van der Waals surface area contributed by atoms with E-state index in [4.69, 9.17) is 0 Å². The fourth-order valence-electron chi connectivity index (χ4n) is 2.05. The summed E-state index contributed by atoms with van der Waals surface area (Å²) in [6, 6.07) is 9.73. The molecule has 0 radical (unpaired) electrons. The minimum absolute atomic E-state index is 0.137. The van der Waals surface area contributed by atoms with Gasteiger partial charge in [0, 0.05) is 24.8 Å². The van der Waals surface area contributed by atoms with Crippen LogP contribution in [0.25, 0.3) is 0 Å². The van der Waals surface area contributed by atoms with Crippen molar-refractivity contribution >= 4 is 11.7 Å². The molecule has 1 aromatic heterocycles. The number of rotatable bonds is 7. The fourth-order valence-corrected chi connectivity index (χ4v) is 2.05. The second kappa shape index (κ2) is 8.27. The number of amides is 1. The van der Waals surface area contributed by atoms with E-state index in [0.717, 1.165) is 12.1 Å². The summed E-state index contributed by atoms with van der Waals surface area (Å²) in [4.78, 5) is 16.4. The van der Waals surface area contributed by atoms with E-state index in [1.165, 1.54) is 12.1 Å². The normalized spacial score (nSPS) is 10.6. The number of halogens is 1. The van der Waals surface area contributed by atoms with E-state index in [-0.39, 0.29) is 11.7 Å². The summed E-state index contributed by atoms with van der Waals surface area (Å²) in [5, 5.41) is 6.07. The molecular formula is C18H22FN3O. The van der Waals surface area contributed by atoms with E-state index in [9.17, 15) is 9.18 Å². The van der Waals surface area contributed by atoms with Crippen molar-refractivity contribution in [2.24, 2.45) is 5.92 Å². The highest BCUT2D eigenvalue weighted by Gasteiger charge is 2.07. The number of hydrogen-bond acceptors (Lipinski definition) is 3. The molecule has 1 amide bonds. The van der Waals surface area contributed by atoms with E-state index in [1.807, 2.05) is 0 Å². The Bertz CT molecular complexity index is 641. The maximum atomic E-state index is 12.8. The summed E-state index contributed by atoms with van der Waals surface area (Å²) in [5.74, 6) is 0.813. The zero-order chi connectivity index (χ0) is 16.7. The molecule has 2 aromatic rings. The number of nitrogens with one attached hydrogen (secondary N) is 2. The number of pyridine rings is 1. The van der Waals surface area contributed by atoms with Crippen LogP contribution < -0.4 is 10.6 Å². The number of anilines is 1. The highest BCUT2D eigenvalue weighted by Crippen LogP contribution is 2.08. The highest BCUT2D eigenvalue weighted by molar-refractivity contribution is 5.94. The number of hydrogen-bond donors (Lipinski definition) is 2. The molecule has 1 heterocycles. The van der Waals surface area contributed by atoms with E-state index in [0.29, 0.717) is 30.3 Å².